The van der Waals surface area contributed by atoms with E-state index in [1.807, 2.05) is 35.2 Å². The molecule has 3 unspecified atom stereocenters. The van der Waals surface area contributed by atoms with Crippen LogP contribution in [0.1, 0.15) is 67.2 Å². The third-order valence-corrected chi connectivity index (χ3v) is 11.6. The zero-order valence-electron chi connectivity index (χ0n) is 26.9. The first kappa shape index (κ1) is 33.3. The van der Waals surface area contributed by atoms with Crippen LogP contribution >= 0.6 is 11.8 Å². The first-order chi connectivity index (χ1) is 20.2. The summed E-state index contributed by atoms with van der Waals surface area (Å²) in [5, 5.41) is 9.50. The predicted octanol–water partition coefficient (Wildman–Crippen LogP) is 5.54. The number of amides is 3. The van der Waals surface area contributed by atoms with Gasteiger partial charge < -0.3 is 19.8 Å². The van der Waals surface area contributed by atoms with Crippen molar-refractivity contribution in [2.75, 3.05) is 31.1 Å². The number of para-hydroxylation sites is 1. The van der Waals surface area contributed by atoms with Gasteiger partial charge in [-0.05, 0) is 63.0 Å². The van der Waals surface area contributed by atoms with Crippen LogP contribution in [0.4, 0.5) is 5.69 Å². The van der Waals surface area contributed by atoms with Crippen molar-refractivity contribution in [3.05, 3.63) is 55.6 Å². The molecule has 6 atom stereocenters. The summed E-state index contributed by atoms with van der Waals surface area (Å²) in [4.78, 5) is 49.5. The second kappa shape index (κ2) is 12.8. The summed E-state index contributed by atoms with van der Waals surface area (Å²) in [7, 11) is 0. The van der Waals surface area contributed by atoms with Gasteiger partial charge in [-0.25, -0.2) is 0 Å². The fourth-order valence-electron chi connectivity index (χ4n) is 8.26. The van der Waals surface area contributed by atoms with E-state index in [2.05, 4.69) is 54.7 Å². The van der Waals surface area contributed by atoms with Crippen molar-refractivity contribution in [1.29, 1.82) is 0 Å². The Kier molecular flexibility index (Phi) is 9.92. The smallest absolute Gasteiger partial charge is 0.247 e. The predicted molar refractivity (Wildman–Crippen MR) is 176 cm³/mol. The third kappa shape index (κ3) is 6.06. The van der Waals surface area contributed by atoms with Gasteiger partial charge in [0.2, 0.25) is 17.7 Å². The number of rotatable bonds is 13. The van der Waals surface area contributed by atoms with Gasteiger partial charge in [-0.2, -0.15) is 0 Å². The Labute approximate surface area is 262 Å². The fraction of sp³-hybridized carbons (Fsp3) is 0.629. The third-order valence-electron chi connectivity index (χ3n) is 9.49. The average molecular weight is 610 g/mol. The highest BCUT2D eigenvalue weighted by Crippen LogP contribution is 2.69. The average Bonchev–Trinajstić information content (AvgIpc) is 3.52. The summed E-state index contributed by atoms with van der Waals surface area (Å²) in [6.45, 7) is 21.9. The second-order valence-corrected chi connectivity index (χ2v) is 15.9. The molecule has 1 spiro atoms. The van der Waals surface area contributed by atoms with Crippen molar-refractivity contribution in [2.24, 2.45) is 23.2 Å². The van der Waals surface area contributed by atoms with Gasteiger partial charge in [0.05, 0.1) is 16.6 Å². The molecule has 7 nitrogen and oxygen atoms in total. The Bertz CT molecular complexity index is 1210. The maximum absolute atomic E-state index is 15.0. The van der Waals surface area contributed by atoms with E-state index in [4.69, 9.17) is 0 Å². The maximum Gasteiger partial charge on any atom is 0.247 e. The molecule has 0 saturated carbocycles. The summed E-state index contributed by atoms with van der Waals surface area (Å²) < 4.78 is -0.702. The minimum absolute atomic E-state index is 0.0201. The molecule has 3 saturated heterocycles. The largest absolute Gasteiger partial charge is 0.396 e. The summed E-state index contributed by atoms with van der Waals surface area (Å²) in [5.74, 6) is -1.27. The minimum atomic E-state index is -0.702. The summed E-state index contributed by atoms with van der Waals surface area (Å²) in [5.41, 5.74) is 0.279. The zero-order chi connectivity index (χ0) is 31.7. The number of thioether (sulfide) groups is 1. The number of hydrogen-bond acceptors (Lipinski definition) is 5. The van der Waals surface area contributed by atoms with Crippen molar-refractivity contribution in [3.63, 3.8) is 0 Å². The number of aliphatic hydroxyl groups is 1. The highest BCUT2D eigenvalue weighted by molar-refractivity contribution is 8.02. The van der Waals surface area contributed by atoms with Gasteiger partial charge in [0.1, 0.15) is 6.04 Å². The van der Waals surface area contributed by atoms with Gasteiger partial charge in [0, 0.05) is 42.7 Å². The molecule has 2 bridgehead atoms. The Morgan fingerprint density at radius 1 is 1.07 bits per heavy atom. The number of hydrogen-bond donors (Lipinski definition) is 1. The SMILES string of the molecule is C=CCN(C(=O)[C@@H]1[C@H]2C(=O)N(CCCCO)C(C(=O)N(CC=C)C(C)(C)CC(C)(C)C)C23S[C@@H]1CC3C)c1ccccc1. The number of aliphatic hydroxyl groups excluding tert-OH is 1. The molecule has 3 aliphatic heterocycles. The van der Waals surface area contributed by atoms with E-state index in [1.54, 1.807) is 33.7 Å². The molecule has 3 aliphatic rings. The molecule has 3 heterocycles. The molecule has 1 aromatic carbocycles. The molecule has 8 heteroatoms. The molecule has 236 valence electrons. The van der Waals surface area contributed by atoms with Gasteiger partial charge in [0.25, 0.3) is 0 Å². The number of likely N-dealkylation sites (tertiary alicyclic amines) is 1. The molecule has 43 heavy (non-hydrogen) atoms. The van der Waals surface area contributed by atoms with Crippen LogP contribution in [0.3, 0.4) is 0 Å². The number of fused-ring (bicyclic) bond motifs is 1. The van der Waals surface area contributed by atoms with Gasteiger partial charge >= 0.3 is 0 Å². The molecule has 1 aromatic rings. The molecule has 0 aliphatic carbocycles. The second-order valence-electron chi connectivity index (χ2n) is 14.4. The number of unbranched alkanes of at least 4 members (excludes halogenated alkanes) is 1. The van der Waals surface area contributed by atoms with E-state index in [0.29, 0.717) is 32.5 Å². The van der Waals surface area contributed by atoms with Crippen LogP contribution in [-0.4, -0.2) is 80.4 Å². The summed E-state index contributed by atoms with van der Waals surface area (Å²) in [6.07, 6.45) is 6.19. The number of carbonyl (C=O) groups is 3. The van der Waals surface area contributed by atoms with Crippen LogP contribution < -0.4 is 4.90 Å². The van der Waals surface area contributed by atoms with E-state index in [1.165, 1.54) is 0 Å². The number of anilines is 1. The Hall–Kier alpha value is -2.58. The molecule has 3 amide bonds. The van der Waals surface area contributed by atoms with Crippen LogP contribution in [-0.2, 0) is 14.4 Å². The Balaban J connectivity index is 1.80. The van der Waals surface area contributed by atoms with Crippen molar-refractivity contribution in [3.8, 4) is 0 Å². The quantitative estimate of drug-likeness (QED) is 0.235. The molecule has 1 N–H and O–H groups in total. The fourth-order valence-corrected chi connectivity index (χ4v) is 10.7. The van der Waals surface area contributed by atoms with Crippen molar-refractivity contribution in [1.82, 2.24) is 9.80 Å². The number of benzene rings is 1. The molecule has 3 fully saturated rings. The monoisotopic (exact) mass is 609 g/mol. The van der Waals surface area contributed by atoms with Crippen molar-refractivity contribution in [2.45, 2.75) is 88.8 Å². The maximum atomic E-state index is 15.0. The standard InChI is InChI=1S/C35H51N3O4S/c1-9-18-36(25-16-12-11-13-17-25)30(40)27-26-22-24(3)35(43-26)28(27)31(41)37(20-14-15-21-39)29(35)32(42)38(19-10-2)34(7,8)23-33(4,5)6/h9-13,16-17,24,26-29,39H,1-2,14-15,18-23H2,3-8H3/t24?,26-,27+,28+,29?,35?/m1/s1. The number of carbonyl (C=O) groups excluding carboxylic acids is 3. The van der Waals surface area contributed by atoms with Crippen LogP contribution in [0.2, 0.25) is 0 Å². The van der Waals surface area contributed by atoms with E-state index >= 15 is 0 Å². The van der Waals surface area contributed by atoms with Gasteiger partial charge in [-0.1, -0.05) is 58.0 Å². The zero-order valence-corrected chi connectivity index (χ0v) is 27.7. The van der Waals surface area contributed by atoms with Crippen LogP contribution in [0, 0.1) is 23.2 Å². The highest BCUT2D eigenvalue weighted by Gasteiger charge is 2.76. The highest BCUT2D eigenvalue weighted by atomic mass is 32.2. The first-order valence-electron chi connectivity index (χ1n) is 15.7. The molecular weight excluding hydrogens is 558 g/mol. The van der Waals surface area contributed by atoms with E-state index in [0.717, 1.165) is 18.5 Å². The Morgan fingerprint density at radius 3 is 2.30 bits per heavy atom. The van der Waals surface area contributed by atoms with Crippen LogP contribution in [0.5, 0.6) is 0 Å². The lowest BCUT2D eigenvalue weighted by atomic mass is 9.65. The van der Waals surface area contributed by atoms with Gasteiger partial charge in [-0.15, -0.1) is 24.9 Å². The van der Waals surface area contributed by atoms with Crippen molar-refractivity contribution < 1.29 is 19.5 Å². The van der Waals surface area contributed by atoms with Gasteiger partial charge in [-0.3, -0.25) is 14.4 Å². The van der Waals surface area contributed by atoms with Crippen LogP contribution in [0.25, 0.3) is 0 Å². The molecule has 0 aromatic heterocycles. The lowest BCUT2D eigenvalue weighted by molar-refractivity contribution is -0.146. The normalized spacial score (nSPS) is 28.1. The lowest BCUT2D eigenvalue weighted by Crippen LogP contribution is -2.61. The van der Waals surface area contributed by atoms with E-state index < -0.39 is 28.2 Å². The van der Waals surface area contributed by atoms with Gasteiger partial charge in [0.15, 0.2) is 0 Å². The van der Waals surface area contributed by atoms with E-state index in [-0.39, 0.29) is 40.9 Å². The minimum Gasteiger partial charge on any atom is -0.396 e. The van der Waals surface area contributed by atoms with E-state index in [9.17, 15) is 19.5 Å². The van der Waals surface area contributed by atoms with Crippen LogP contribution in [0.15, 0.2) is 55.6 Å². The lowest BCUT2D eigenvalue weighted by Gasteiger charge is -2.47. The molecule has 0 radical (unpaired) electrons. The number of nitrogens with zero attached hydrogens (tertiary/aromatic N) is 3. The van der Waals surface area contributed by atoms with Crippen molar-refractivity contribution >= 4 is 35.2 Å². The summed E-state index contributed by atoms with van der Waals surface area (Å²) in [6, 6.07) is 8.87. The summed E-state index contributed by atoms with van der Waals surface area (Å²) >= 11 is 1.71. The first-order valence-corrected chi connectivity index (χ1v) is 16.6. The molecular formula is C35H51N3O4S. The Morgan fingerprint density at radius 2 is 1.72 bits per heavy atom. The molecule has 4 rings (SSSR count). The topological polar surface area (TPSA) is 81.2 Å².